The molecular weight excluding hydrogens is 305 g/mol. The lowest BCUT2D eigenvalue weighted by molar-refractivity contribution is 0.361. The molecule has 0 aromatic heterocycles. The molecule has 3 unspecified atom stereocenters. The standard InChI is InChI=1S/C16H23BrFN/c1-3-11-4-5-12(8-11)16(19-2)10-13-9-14(18)6-7-15(13)17/h6-7,9,11-12,16,19H,3-5,8,10H2,1-2H3. The van der Waals surface area contributed by atoms with Crippen LogP contribution in [0.1, 0.15) is 38.2 Å². The van der Waals surface area contributed by atoms with E-state index in [1.807, 2.05) is 7.05 Å². The minimum atomic E-state index is -0.147. The van der Waals surface area contributed by atoms with E-state index in [0.717, 1.165) is 28.3 Å². The van der Waals surface area contributed by atoms with E-state index in [4.69, 9.17) is 0 Å². The third-order valence-corrected chi connectivity index (χ3v) is 5.32. The third-order valence-electron chi connectivity index (χ3n) is 4.55. The first-order valence-corrected chi connectivity index (χ1v) is 8.04. The first-order chi connectivity index (χ1) is 9.13. The summed E-state index contributed by atoms with van der Waals surface area (Å²) in [4.78, 5) is 0. The van der Waals surface area contributed by atoms with Crippen LogP contribution in [0.25, 0.3) is 0 Å². The first-order valence-electron chi connectivity index (χ1n) is 7.25. The Bertz CT molecular complexity index is 421. The number of rotatable bonds is 5. The molecule has 0 heterocycles. The second-order valence-corrected chi connectivity index (χ2v) is 6.54. The van der Waals surface area contributed by atoms with Crippen LogP contribution < -0.4 is 5.32 Å². The largest absolute Gasteiger partial charge is 0.316 e. The molecule has 19 heavy (non-hydrogen) atoms. The maximum atomic E-state index is 13.4. The zero-order chi connectivity index (χ0) is 13.8. The number of benzene rings is 1. The lowest BCUT2D eigenvalue weighted by Gasteiger charge is -2.24. The van der Waals surface area contributed by atoms with Crippen LogP contribution in [0.4, 0.5) is 4.39 Å². The van der Waals surface area contributed by atoms with Crippen molar-refractivity contribution in [2.24, 2.45) is 11.8 Å². The Morgan fingerprint density at radius 2 is 2.21 bits per heavy atom. The molecular formula is C16H23BrFN. The molecule has 1 fully saturated rings. The predicted octanol–water partition coefficient (Wildman–Crippen LogP) is 4.55. The molecule has 1 aliphatic carbocycles. The highest BCUT2D eigenvalue weighted by molar-refractivity contribution is 9.10. The molecule has 0 amide bonds. The summed E-state index contributed by atoms with van der Waals surface area (Å²) in [7, 11) is 2.02. The molecule has 0 saturated heterocycles. The topological polar surface area (TPSA) is 12.0 Å². The second-order valence-electron chi connectivity index (χ2n) is 5.68. The summed E-state index contributed by atoms with van der Waals surface area (Å²) >= 11 is 3.53. The molecule has 3 heteroatoms. The van der Waals surface area contributed by atoms with E-state index in [0.29, 0.717) is 6.04 Å². The average molecular weight is 328 g/mol. The molecule has 0 radical (unpaired) electrons. The highest BCUT2D eigenvalue weighted by Gasteiger charge is 2.29. The summed E-state index contributed by atoms with van der Waals surface area (Å²) in [5, 5.41) is 3.44. The van der Waals surface area contributed by atoms with Gasteiger partial charge in [0.25, 0.3) is 0 Å². The smallest absolute Gasteiger partial charge is 0.123 e. The van der Waals surface area contributed by atoms with E-state index in [-0.39, 0.29) is 5.82 Å². The molecule has 1 aromatic rings. The Hall–Kier alpha value is -0.410. The normalized spacial score (nSPS) is 24.6. The van der Waals surface area contributed by atoms with Gasteiger partial charge >= 0.3 is 0 Å². The van der Waals surface area contributed by atoms with Crippen LogP contribution in [0, 0.1) is 17.7 Å². The van der Waals surface area contributed by atoms with E-state index in [9.17, 15) is 4.39 Å². The van der Waals surface area contributed by atoms with E-state index in [1.54, 1.807) is 12.1 Å². The SMILES string of the molecule is CCC1CCC(C(Cc2cc(F)ccc2Br)NC)C1. The van der Waals surface area contributed by atoms with Gasteiger partial charge in [-0.25, -0.2) is 4.39 Å². The van der Waals surface area contributed by atoms with Crippen molar-refractivity contribution in [1.29, 1.82) is 0 Å². The molecule has 1 saturated carbocycles. The summed E-state index contributed by atoms with van der Waals surface area (Å²) in [5.74, 6) is 1.47. The second kappa shape index (κ2) is 6.85. The minimum Gasteiger partial charge on any atom is -0.316 e. The van der Waals surface area contributed by atoms with Gasteiger partial charge in [-0.15, -0.1) is 0 Å². The summed E-state index contributed by atoms with van der Waals surface area (Å²) in [5.41, 5.74) is 1.07. The Labute approximate surface area is 124 Å². The fourth-order valence-electron chi connectivity index (χ4n) is 3.29. The van der Waals surface area contributed by atoms with Crippen LogP contribution in [0.3, 0.4) is 0 Å². The zero-order valence-electron chi connectivity index (χ0n) is 11.8. The van der Waals surface area contributed by atoms with Gasteiger partial charge in [-0.3, -0.25) is 0 Å². The van der Waals surface area contributed by atoms with E-state index in [1.165, 1.54) is 31.7 Å². The van der Waals surface area contributed by atoms with Crippen LogP contribution in [-0.2, 0) is 6.42 Å². The number of nitrogens with one attached hydrogen (secondary N) is 1. The van der Waals surface area contributed by atoms with Crippen molar-refractivity contribution in [3.63, 3.8) is 0 Å². The lowest BCUT2D eigenvalue weighted by atomic mass is 9.91. The molecule has 2 rings (SSSR count). The highest BCUT2D eigenvalue weighted by Crippen LogP contribution is 2.36. The number of hydrogen-bond acceptors (Lipinski definition) is 1. The molecule has 1 aliphatic rings. The number of likely N-dealkylation sites (N-methyl/N-ethyl adjacent to an activating group) is 1. The van der Waals surface area contributed by atoms with Crippen molar-refractivity contribution in [3.05, 3.63) is 34.1 Å². The van der Waals surface area contributed by atoms with E-state index >= 15 is 0 Å². The van der Waals surface area contributed by atoms with Crippen LogP contribution in [0.15, 0.2) is 22.7 Å². The molecule has 0 aliphatic heterocycles. The minimum absolute atomic E-state index is 0.147. The Morgan fingerprint density at radius 3 is 2.84 bits per heavy atom. The molecule has 106 valence electrons. The van der Waals surface area contributed by atoms with E-state index < -0.39 is 0 Å². The van der Waals surface area contributed by atoms with Crippen molar-refractivity contribution < 1.29 is 4.39 Å². The highest BCUT2D eigenvalue weighted by atomic mass is 79.9. The van der Waals surface area contributed by atoms with Gasteiger partial charge in [-0.2, -0.15) is 0 Å². The van der Waals surface area contributed by atoms with Crippen molar-refractivity contribution in [3.8, 4) is 0 Å². The van der Waals surface area contributed by atoms with Crippen LogP contribution in [-0.4, -0.2) is 13.1 Å². The maximum absolute atomic E-state index is 13.4. The van der Waals surface area contributed by atoms with Crippen molar-refractivity contribution >= 4 is 15.9 Å². The number of halogens is 2. The summed E-state index contributed by atoms with van der Waals surface area (Å²) in [6.07, 6.45) is 6.15. The summed E-state index contributed by atoms with van der Waals surface area (Å²) < 4.78 is 14.4. The van der Waals surface area contributed by atoms with Gasteiger partial charge < -0.3 is 5.32 Å². The Balaban J connectivity index is 2.05. The maximum Gasteiger partial charge on any atom is 0.123 e. The van der Waals surface area contributed by atoms with Gasteiger partial charge in [0.05, 0.1) is 0 Å². The fraction of sp³-hybridized carbons (Fsp3) is 0.625. The van der Waals surface area contributed by atoms with Gasteiger partial charge in [0.15, 0.2) is 0 Å². The quantitative estimate of drug-likeness (QED) is 0.836. The van der Waals surface area contributed by atoms with Crippen molar-refractivity contribution in [2.75, 3.05) is 7.05 Å². The van der Waals surface area contributed by atoms with Gasteiger partial charge in [-0.1, -0.05) is 35.7 Å². The Morgan fingerprint density at radius 1 is 1.42 bits per heavy atom. The fourth-order valence-corrected chi connectivity index (χ4v) is 3.70. The predicted molar refractivity (Wildman–Crippen MR) is 81.8 cm³/mol. The van der Waals surface area contributed by atoms with Gasteiger partial charge in [-0.05, 0) is 61.9 Å². The summed E-state index contributed by atoms with van der Waals surface area (Å²) in [6, 6.07) is 5.42. The third kappa shape index (κ3) is 3.79. The van der Waals surface area contributed by atoms with Gasteiger partial charge in [0, 0.05) is 10.5 Å². The first kappa shape index (κ1) is 15.0. The lowest BCUT2D eigenvalue weighted by Crippen LogP contribution is -2.34. The molecule has 1 nitrogen and oxygen atoms in total. The molecule has 0 bridgehead atoms. The van der Waals surface area contributed by atoms with Crippen molar-refractivity contribution in [1.82, 2.24) is 5.32 Å². The summed E-state index contributed by atoms with van der Waals surface area (Å²) in [6.45, 7) is 2.28. The Kier molecular flexibility index (Phi) is 5.40. The van der Waals surface area contributed by atoms with Crippen molar-refractivity contribution in [2.45, 2.75) is 45.1 Å². The van der Waals surface area contributed by atoms with Gasteiger partial charge in [0.1, 0.15) is 5.82 Å². The molecule has 1 N–H and O–H groups in total. The number of hydrogen-bond donors (Lipinski definition) is 1. The van der Waals surface area contributed by atoms with Crippen LogP contribution >= 0.6 is 15.9 Å². The monoisotopic (exact) mass is 327 g/mol. The van der Waals surface area contributed by atoms with Crippen LogP contribution in [0.2, 0.25) is 0 Å². The van der Waals surface area contributed by atoms with Crippen LogP contribution in [0.5, 0.6) is 0 Å². The molecule has 3 atom stereocenters. The molecule has 0 spiro atoms. The zero-order valence-corrected chi connectivity index (χ0v) is 13.3. The molecule has 1 aromatic carbocycles. The van der Waals surface area contributed by atoms with E-state index in [2.05, 4.69) is 28.2 Å². The van der Waals surface area contributed by atoms with Gasteiger partial charge in [0.2, 0.25) is 0 Å². The average Bonchev–Trinajstić information content (AvgIpc) is 2.88.